The number of halogens is 1. The van der Waals surface area contributed by atoms with Crippen LogP contribution in [-0.4, -0.2) is 52.9 Å². The standard InChI is InChI=1S/C12H21BrO6/c1-11(2,13)9(16)18-5-4-6-19-10(17)12(3,7-14)8-15/h14-15H,4-8H2,1-3H3. The second kappa shape index (κ2) is 7.81. The Morgan fingerprint density at radius 2 is 1.42 bits per heavy atom. The topological polar surface area (TPSA) is 93.1 Å². The van der Waals surface area contributed by atoms with Gasteiger partial charge in [0.05, 0.1) is 26.4 Å². The maximum atomic E-state index is 11.5. The molecule has 112 valence electrons. The number of hydrogen-bond acceptors (Lipinski definition) is 6. The summed E-state index contributed by atoms with van der Waals surface area (Å²) in [5, 5.41) is 18.0. The summed E-state index contributed by atoms with van der Waals surface area (Å²) in [7, 11) is 0. The Kier molecular flexibility index (Phi) is 7.54. The van der Waals surface area contributed by atoms with Crippen molar-refractivity contribution in [3.63, 3.8) is 0 Å². The van der Waals surface area contributed by atoms with E-state index in [0.717, 1.165) is 0 Å². The molecule has 2 N–H and O–H groups in total. The van der Waals surface area contributed by atoms with E-state index in [4.69, 9.17) is 19.7 Å². The van der Waals surface area contributed by atoms with Gasteiger partial charge in [0, 0.05) is 6.42 Å². The first kappa shape index (κ1) is 18.3. The monoisotopic (exact) mass is 340 g/mol. The number of esters is 2. The Bertz CT molecular complexity index is 306. The lowest BCUT2D eigenvalue weighted by atomic mass is 9.93. The van der Waals surface area contributed by atoms with Gasteiger partial charge in [0.25, 0.3) is 0 Å². The van der Waals surface area contributed by atoms with Gasteiger partial charge in [0.15, 0.2) is 0 Å². The van der Waals surface area contributed by atoms with Crippen molar-refractivity contribution >= 4 is 27.9 Å². The minimum Gasteiger partial charge on any atom is -0.465 e. The highest BCUT2D eigenvalue weighted by molar-refractivity contribution is 9.10. The van der Waals surface area contributed by atoms with Crippen molar-refractivity contribution in [3.8, 4) is 0 Å². The van der Waals surface area contributed by atoms with Gasteiger partial charge in [-0.2, -0.15) is 0 Å². The Labute approximate surface area is 121 Å². The predicted octanol–water partition coefficient (Wildman–Crippen LogP) is 0.627. The number of aliphatic hydroxyl groups is 2. The molecule has 0 saturated carbocycles. The number of hydrogen-bond donors (Lipinski definition) is 2. The van der Waals surface area contributed by atoms with E-state index < -0.39 is 34.9 Å². The van der Waals surface area contributed by atoms with Crippen molar-refractivity contribution in [3.05, 3.63) is 0 Å². The molecule has 0 radical (unpaired) electrons. The molecule has 0 rings (SSSR count). The highest BCUT2D eigenvalue weighted by Crippen LogP contribution is 2.18. The van der Waals surface area contributed by atoms with Gasteiger partial charge in [-0.3, -0.25) is 9.59 Å². The molecule has 0 atom stereocenters. The van der Waals surface area contributed by atoms with E-state index in [2.05, 4.69) is 15.9 Å². The van der Waals surface area contributed by atoms with Crippen LogP contribution in [-0.2, 0) is 19.1 Å². The molecule has 0 spiro atoms. The number of alkyl halides is 1. The normalized spacial score (nSPS) is 12.1. The third-order valence-electron chi connectivity index (χ3n) is 2.43. The first-order chi connectivity index (χ1) is 8.67. The van der Waals surface area contributed by atoms with E-state index >= 15 is 0 Å². The van der Waals surface area contributed by atoms with Crippen LogP contribution in [0.15, 0.2) is 0 Å². The van der Waals surface area contributed by atoms with Gasteiger partial charge in [-0.05, 0) is 20.8 Å². The summed E-state index contributed by atoms with van der Waals surface area (Å²) in [6.07, 6.45) is 0.355. The van der Waals surface area contributed by atoms with Crippen LogP contribution >= 0.6 is 15.9 Å². The third-order valence-corrected chi connectivity index (χ3v) is 2.75. The lowest BCUT2D eigenvalue weighted by Gasteiger charge is -2.22. The lowest BCUT2D eigenvalue weighted by molar-refractivity contribution is -0.160. The van der Waals surface area contributed by atoms with Gasteiger partial charge in [-0.15, -0.1) is 0 Å². The van der Waals surface area contributed by atoms with Crippen LogP contribution in [0.2, 0.25) is 0 Å². The van der Waals surface area contributed by atoms with Crippen molar-refractivity contribution in [1.82, 2.24) is 0 Å². The fraction of sp³-hybridized carbons (Fsp3) is 0.833. The zero-order valence-corrected chi connectivity index (χ0v) is 13.0. The van der Waals surface area contributed by atoms with Crippen LogP contribution in [0.25, 0.3) is 0 Å². The molecule has 0 aliphatic heterocycles. The second-order valence-corrected chi connectivity index (χ2v) is 6.96. The third kappa shape index (κ3) is 6.35. The molecule has 0 fully saturated rings. The summed E-state index contributed by atoms with van der Waals surface area (Å²) in [5.41, 5.74) is -1.30. The molecule has 0 aliphatic rings. The number of ether oxygens (including phenoxy) is 2. The van der Waals surface area contributed by atoms with E-state index in [1.165, 1.54) is 6.92 Å². The molecule has 0 aromatic heterocycles. The van der Waals surface area contributed by atoms with Crippen LogP contribution in [0.1, 0.15) is 27.2 Å². The van der Waals surface area contributed by atoms with Crippen molar-refractivity contribution in [1.29, 1.82) is 0 Å². The number of rotatable bonds is 8. The summed E-state index contributed by atoms with van der Waals surface area (Å²) in [5.74, 6) is -1.07. The molecule has 0 aromatic rings. The summed E-state index contributed by atoms with van der Waals surface area (Å²) in [6.45, 7) is 3.96. The van der Waals surface area contributed by atoms with Crippen LogP contribution in [0.3, 0.4) is 0 Å². The Morgan fingerprint density at radius 1 is 1.00 bits per heavy atom. The molecule has 0 aliphatic carbocycles. The van der Waals surface area contributed by atoms with Gasteiger partial charge < -0.3 is 19.7 Å². The van der Waals surface area contributed by atoms with E-state index in [1.807, 2.05) is 0 Å². The van der Waals surface area contributed by atoms with Crippen molar-refractivity contribution in [2.24, 2.45) is 5.41 Å². The smallest absolute Gasteiger partial charge is 0.322 e. The van der Waals surface area contributed by atoms with Gasteiger partial charge in [-0.25, -0.2) is 0 Å². The summed E-state index contributed by atoms with van der Waals surface area (Å²) in [4.78, 5) is 22.9. The SMILES string of the molecule is CC(C)(Br)C(=O)OCCCOC(=O)C(C)(CO)CO. The Morgan fingerprint density at radius 3 is 1.79 bits per heavy atom. The summed E-state index contributed by atoms with van der Waals surface area (Å²) >= 11 is 3.17. The van der Waals surface area contributed by atoms with Gasteiger partial charge in [0.1, 0.15) is 9.74 Å². The average molecular weight is 341 g/mol. The Hall–Kier alpha value is -0.660. The van der Waals surface area contributed by atoms with Crippen LogP contribution in [0.5, 0.6) is 0 Å². The average Bonchev–Trinajstić information content (AvgIpc) is 2.35. The zero-order chi connectivity index (χ0) is 15.1. The molecule has 0 unspecified atom stereocenters. The zero-order valence-electron chi connectivity index (χ0n) is 11.4. The lowest BCUT2D eigenvalue weighted by Crippen LogP contribution is -2.37. The first-order valence-electron chi connectivity index (χ1n) is 5.92. The molecule has 6 nitrogen and oxygen atoms in total. The van der Waals surface area contributed by atoms with Crippen LogP contribution in [0, 0.1) is 5.41 Å². The second-order valence-electron chi connectivity index (χ2n) is 4.97. The molecule has 7 heteroatoms. The minimum absolute atomic E-state index is 0.0599. The van der Waals surface area contributed by atoms with E-state index in [9.17, 15) is 9.59 Å². The van der Waals surface area contributed by atoms with Gasteiger partial charge >= 0.3 is 11.9 Å². The Balaban J connectivity index is 3.88. The molecule has 0 saturated heterocycles. The predicted molar refractivity (Wildman–Crippen MR) is 71.8 cm³/mol. The first-order valence-corrected chi connectivity index (χ1v) is 6.72. The van der Waals surface area contributed by atoms with Crippen molar-refractivity contribution in [2.45, 2.75) is 31.5 Å². The van der Waals surface area contributed by atoms with E-state index in [1.54, 1.807) is 13.8 Å². The van der Waals surface area contributed by atoms with Gasteiger partial charge in [0.2, 0.25) is 0 Å². The minimum atomic E-state index is -1.30. The molecule has 0 amide bonds. The maximum absolute atomic E-state index is 11.5. The highest BCUT2D eigenvalue weighted by atomic mass is 79.9. The maximum Gasteiger partial charge on any atom is 0.322 e. The fourth-order valence-corrected chi connectivity index (χ4v) is 1.03. The fourth-order valence-electron chi connectivity index (χ4n) is 0.914. The van der Waals surface area contributed by atoms with Crippen LogP contribution in [0.4, 0.5) is 0 Å². The molecule has 19 heavy (non-hydrogen) atoms. The van der Waals surface area contributed by atoms with Crippen LogP contribution < -0.4 is 0 Å². The summed E-state index contributed by atoms with van der Waals surface area (Å²) in [6, 6.07) is 0. The molecular weight excluding hydrogens is 320 g/mol. The number of aliphatic hydroxyl groups excluding tert-OH is 2. The van der Waals surface area contributed by atoms with Crippen molar-refractivity contribution in [2.75, 3.05) is 26.4 Å². The van der Waals surface area contributed by atoms with Gasteiger partial charge in [-0.1, -0.05) is 15.9 Å². The largest absolute Gasteiger partial charge is 0.465 e. The quantitative estimate of drug-likeness (QED) is 0.382. The van der Waals surface area contributed by atoms with E-state index in [0.29, 0.717) is 6.42 Å². The number of carbonyl (C=O) groups excluding carboxylic acids is 2. The summed E-state index contributed by atoms with van der Waals surface area (Å²) < 4.78 is 9.11. The molecule has 0 bridgehead atoms. The highest BCUT2D eigenvalue weighted by Gasteiger charge is 2.33. The number of carbonyl (C=O) groups is 2. The molecule has 0 heterocycles. The molecule has 0 aromatic carbocycles. The van der Waals surface area contributed by atoms with Crippen molar-refractivity contribution < 1.29 is 29.3 Å². The van der Waals surface area contributed by atoms with E-state index in [-0.39, 0.29) is 13.2 Å². The molecular formula is C12H21BrO6.